The maximum absolute atomic E-state index is 12.3. The fourth-order valence-electron chi connectivity index (χ4n) is 3.51. The summed E-state index contributed by atoms with van der Waals surface area (Å²) in [5, 5.41) is 0. The fourth-order valence-corrected chi connectivity index (χ4v) is 3.51. The number of hydrogen-bond acceptors (Lipinski definition) is 6. The van der Waals surface area contributed by atoms with Gasteiger partial charge in [-0.1, -0.05) is 12.1 Å². The molecule has 0 spiro atoms. The molecule has 0 N–H and O–H groups in total. The Morgan fingerprint density at radius 2 is 1.86 bits per heavy atom. The minimum atomic E-state index is 0.0187. The van der Waals surface area contributed by atoms with Crippen molar-refractivity contribution in [2.24, 2.45) is 0 Å². The molecule has 1 unspecified atom stereocenters. The van der Waals surface area contributed by atoms with E-state index in [1.807, 2.05) is 36.1 Å². The highest BCUT2D eigenvalue weighted by Gasteiger charge is 2.25. The minimum absolute atomic E-state index is 0.0187. The third kappa shape index (κ3) is 4.03. The van der Waals surface area contributed by atoms with Gasteiger partial charge in [0.2, 0.25) is 5.95 Å². The fraction of sp³-hybridized carbons (Fsp3) is 0.476. The van der Waals surface area contributed by atoms with E-state index < -0.39 is 0 Å². The highest BCUT2D eigenvalue weighted by atomic mass is 16.5. The molecular weight excluding hydrogens is 356 g/mol. The lowest BCUT2D eigenvalue weighted by Crippen LogP contribution is -2.43. The molecule has 7 heteroatoms. The molecule has 4 rings (SSSR count). The van der Waals surface area contributed by atoms with Gasteiger partial charge in [-0.25, -0.2) is 9.97 Å². The van der Waals surface area contributed by atoms with Crippen LogP contribution < -0.4 is 14.4 Å². The topological polar surface area (TPSA) is 67.8 Å². The normalized spacial score (nSPS) is 19.1. The van der Waals surface area contributed by atoms with Gasteiger partial charge in [0.05, 0.1) is 18.7 Å². The first-order chi connectivity index (χ1) is 13.7. The molecular formula is C21H26N4O3. The van der Waals surface area contributed by atoms with Crippen LogP contribution in [-0.2, 0) is 0 Å². The molecule has 2 aliphatic heterocycles. The smallest absolute Gasteiger partial charge is 0.256 e. The van der Waals surface area contributed by atoms with Gasteiger partial charge in [0.25, 0.3) is 5.91 Å². The number of benzene rings is 1. The molecule has 0 aliphatic carbocycles. The lowest BCUT2D eigenvalue weighted by Gasteiger charge is -2.33. The zero-order chi connectivity index (χ0) is 19.3. The van der Waals surface area contributed by atoms with E-state index in [0.717, 1.165) is 50.4 Å². The maximum Gasteiger partial charge on any atom is 0.256 e. The van der Waals surface area contributed by atoms with Crippen LogP contribution in [0.5, 0.6) is 11.5 Å². The Labute approximate surface area is 165 Å². The van der Waals surface area contributed by atoms with E-state index in [-0.39, 0.29) is 12.0 Å². The van der Waals surface area contributed by atoms with Crippen LogP contribution in [0.1, 0.15) is 36.5 Å². The van der Waals surface area contributed by atoms with Crippen molar-refractivity contribution >= 4 is 11.9 Å². The number of anilines is 1. The van der Waals surface area contributed by atoms with E-state index >= 15 is 0 Å². The summed E-state index contributed by atoms with van der Waals surface area (Å²) >= 11 is 0. The van der Waals surface area contributed by atoms with Crippen LogP contribution >= 0.6 is 0 Å². The molecule has 1 aromatic heterocycles. The van der Waals surface area contributed by atoms with Crippen LogP contribution in [0.15, 0.2) is 36.7 Å². The largest absolute Gasteiger partial charge is 0.490 e. The minimum Gasteiger partial charge on any atom is -0.490 e. The molecule has 1 atom stereocenters. The summed E-state index contributed by atoms with van der Waals surface area (Å²) in [6.45, 7) is 5.82. The average molecular weight is 382 g/mol. The van der Waals surface area contributed by atoms with Crippen LogP contribution in [0.25, 0.3) is 0 Å². The van der Waals surface area contributed by atoms with Crippen molar-refractivity contribution in [3.05, 3.63) is 42.2 Å². The Morgan fingerprint density at radius 1 is 1.11 bits per heavy atom. The third-order valence-corrected chi connectivity index (χ3v) is 5.13. The van der Waals surface area contributed by atoms with Crippen LogP contribution in [0, 0.1) is 0 Å². The first-order valence-corrected chi connectivity index (χ1v) is 9.99. The van der Waals surface area contributed by atoms with E-state index in [0.29, 0.717) is 24.7 Å². The summed E-state index contributed by atoms with van der Waals surface area (Å²) in [4.78, 5) is 25.1. The zero-order valence-corrected chi connectivity index (χ0v) is 16.2. The van der Waals surface area contributed by atoms with Gasteiger partial charge in [-0.05, 0) is 38.3 Å². The van der Waals surface area contributed by atoms with E-state index in [4.69, 9.17) is 9.47 Å². The van der Waals surface area contributed by atoms with Gasteiger partial charge in [0.1, 0.15) is 6.10 Å². The Bertz CT molecular complexity index is 808. The van der Waals surface area contributed by atoms with Crippen molar-refractivity contribution in [3.8, 4) is 11.5 Å². The van der Waals surface area contributed by atoms with Crippen LogP contribution in [0.2, 0.25) is 0 Å². The number of rotatable bonds is 6. The second-order valence-corrected chi connectivity index (χ2v) is 7.13. The van der Waals surface area contributed by atoms with Crippen molar-refractivity contribution in [2.45, 2.75) is 32.3 Å². The van der Waals surface area contributed by atoms with Crippen molar-refractivity contribution in [1.82, 2.24) is 14.9 Å². The van der Waals surface area contributed by atoms with E-state index in [1.54, 1.807) is 12.4 Å². The molecule has 7 nitrogen and oxygen atoms in total. The predicted molar refractivity (Wildman–Crippen MR) is 106 cm³/mol. The molecule has 2 saturated heterocycles. The van der Waals surface area contributed by atoms with Crippen LogP contribution in [0.4, 0.5) is 5.95 Å². The first-order valence-electron chi connectivity index (χ1n) is 9.99. The van der Waals surface area contributed by atoms with Crippen molar-refractivity contribution < 1.29 is 14.3 Å². The van der Waals surface area contributed by atoms with Gasteiger partial charge in [-0.15, -0.1) is 0 Å². The van der Waals surface area contributed by atoms with Gasteiger partial charge in [0.15, 0.2) is 11.5 Å². The molecule has 2 aliphatic rings. The summed E-state index contributed by atoms with van der Waals surface area (Å²) in [5.74, 6) is 2.21. The number of likely N-dealkylation sites (tertiary alicyclic amines) is 1. The highest BCUT2D eigenvalue weighted by Crippen LogP contribution is 2.29. The Balaban J connectivity index is 1.40. The number of hydrogen-bond donors (Lipinski definition) is 0. The van der Waals surface area contributed by atoms with Crippen molar-refractivity contribution in [3.63, 3.8) is 0 Å². The van der Waals surface area contributed by atoms with Gasteiger partial charge in [-0.3, -0.25) is 4.79 Å². The number of nitrogens with zero attached hydrogens (tertiary/aromatic N) is 4. The van der Waals surface area contributed by atoms with Crippen LogP contribution in [-0.4, -0.2) is 59.7 Å². The van der Waals surface area contributed by atoms with Gasteiger partial charge in [-0.2, -0.15) is 0 Å². The lowest BCUT2D eigenvalue weighted by atomic mass is 10.1. The second-order valence-electron chi connectivity index (χ2n) is 7.13. The molecule has 2 aromatic rings. The third-order valence-electron chi connectivity index (χ3n) is 5.13. The first kappa shape index (κ1) is 18.5. The quantitative estimate of drug-likeness (QED) is 0.765. The number of ether oxygens (including phenoxy) is 2. The molecule has 0 radical (unpaired) electrons. The molecule has 1 aromatic carbocycles. The summed E-state index contributed by atoms with van der Waals surface area (Å²) in [5.41, 5.74) is 0.555. The van der Waals surface area contributed by atoms with Crippen molar-refractivity contribution in [2.75, 3.05) is 37.7 Å². The summed E-state index contributed by atoms with van der Waals surface area (Å²) in [6, 6.07) is 7.77. The van der Waals surface area contributed by atoms with Gasteiger partial charge < -0.3 is 19.3 Å². The van der Waals surface area contributed by atoms with Gasteiger partial charge >= 0.3 is 0 Å². The highest BCUT2D eigenvalue weighted by molar-refractivity contribution is 5.94. The molecule has 0 bridgehead atoms. The molecule has 28 heavy (non-hydrogen) atoms. The number of aromatic nitrogens is 2. The summed E-state index contributed by atoms with van der Waals surface area (Å²) in [6.07, 6.45) is 6.37. The number of amides is 1. The summed E-state index contributed by atoms with van der Waals surface area (Å²) in [7, 11) is 0. The van der Waals surface area contributed by atoms with Gasteiger partial charge in [0, 0.05) is 32.0 Å². The predicted octanol–water partition coefficient (Wildman–Crippen LogP) is 2.77. The monoisotopic (exact) mass is 382 g/mol. The summed E-state index contributed by atoms with van der Waals surface area (Å²) < 4.78 is 11.9. The molecule has 3 heterocycles. The Kier molecular flexibility index (Phi) is 5.60. The molecule has 0 saturated carbocycles. The average Bonchev–Trinajstić information content (AvgIpc) is 2.69. The van der Waals surface area contributed by atoms with E-state index in [1.165, 1.54) is 0 Å². The number of carbonyl (C=O) groups excluding carboxylic acids is 1. The molecule has 1 amide bonds. The number of carbonyl (C=O) groups is 1. The molecule has 148 valence electrons. The number of para-hydroxylation sites is 2. The molecule has 2 fully saturated rings. The zero-order valence-electron chi connectivity index (χ0n) is 16.2. The SMILES string of the molecule is CCOc1ccccc1OC1CCCN(c2ncc(C(=O)N3CCC3)cn2)C1. The maximum atomic E-state index is 12.3. The second kappa shape index (κ2) is 8.46. The lowest BCUT2D eigenvalue weighted by molar-refractivity contribution is 0.0651. The van der Waals surface area contributed by atoms with E-state index in [9.17, 15) is 4.79 Å². The standard InChI is InChI=1S/C21H26N4O3/c1-2-27-18-8-3-4-9-19(18)28-17-7-5-10-25(15-17)21-22-13-16(14-23-21)20(26)24-11-6-12-24/h3-4,8-9,13-14,17H,2,5-7,10-12,15H2,1H3. The van der Waals surface area contributed by atoms with Crippen molar-refractivity contribution in [1.29, 1.82) is 0 Å². The Hall–Kier alpha value is -2.83. The van der Waals surface area contributed by atoms with E-state index in [2.05, 4.69) is 14.9 Å². The Morgan fingerprint density at radius 3 is 2.54 bits per heavy atom. The van der Waals surface area contributed by atoms with Crippen LogP contribution in [0.3, 0.4) is 0 Å². The number of piperidine rings is 1.